The molecule has 0 unspecified atom stereocenters. The van der Waals surface area contributed by atoms with E-state index < -0.39 is 0 Å². The van der Waals surface area contributed by atoms with Gasteiger partial charge in [0, 0.05) is 6.20 Å². The van der Waals surface area contributed by atoms with Gasteiger partial charge in [-0.2, -0.15) is 0 Å². The molecule has 0 saturated carbocycles. The fourth-order valence-electron chi connectivity index (χ4n) is 1.51. The quantitative estimate of drug-likeness (QED) is 0.578. The van der Waals surface area contributed by atoms with Crippen molar-refractivity contribution in [3.05, 3.63) is 59.3 Å². The minimum atomic E-state index is -0.247. The number of halogens is 1. The molecule has 22 heavy (non-hydrogen) atoms. The van der Waals surface area contributed by atoms with Crippen LogP contribution in [0.15, 0.2) is 54.3 Å². The van der Waals surface area contributed by atoms with Crippen molar-refractivity contribution in [3.63, 3.8) is 0 Å². The maximum atomic E-state index is 11.7. The number of anilines is 1. The van der Waals surface area contributed by atoms with Crippen LogP contribution in [-0.4, -0.2) is 24.1 Å². The first-order chi connectivity index (χ1) is 10.5. The summed E-state index contributed by atoms with van der Waals surface area (Å²) in [5.74, 6) is 0.205. The van der Waals surface area contributed by atoms with Crippen LogP contribution >= 0.6 is 11.6 Å². The lowest BCUT2D eigenvalue weighted by Crippen LogP contribution is -2.19. The molecule has 1 aromatic heterocycles. The molecule has 0 bridgehead atoms. The molecule has 1 aromatic rings. The summed E-state index contributed by atoms with van der Waals surface area (Å²) in [5.41, 5.74) is 2.29. The van der Waals surface area contributed by atoms with Crippen LogP contribution < -0.4 is 5.32 Å². The fraction of sp³-hybridized carbons (Fsp3) is 0.294. The number of carbonyl (C=O) groups excluding carboxylic acids is 1. The van der Waals surface area contributed by atoms with Crippen LogP contribution in [0.1, 0.15) is 20.3 Å². The van der Waals surface area contributed by atoms with Crippen molar-refractivity contribution < 1.29 is 9.53 Å². The number of hydrogen-bond donors (Lipinski definition) is 1. The van der Waals surface area contributed by atoms with E-state index in [1.807, 2.05) is 26.0 Å². The molecule has 0 spiro atoms. The Morgan fingerprint density at radius 3 is 2.77 bits per heavy atom. The Kier molecular flexibility index (Phi) is 8.18. The number of hydrogen-bond acceptors (Lipinski definition) is 3. The normalized spacial score (nSPS) is 11.0. The summed E-state index contributed by atoms with van der Waals surface area (Å²) in [6.45, 7) is 8.26. The second kappa shape index (κ2) is 9.92. The third kappa shape index (κ3) is 7.76. The number of ether oxygens (including phenoxy) is 1. The molecular formula is C17H21ClN2O2. The van der Waals surface area contributed by atoms with Crippen molar-refractivity contribution >= 4 is 23.3 Å². The van der Waals surface area contributed by atoms with E-state index in [0.29, 0.717) is 23.9 Å². The first kappa shape index (κ1) is 18.1. The number of rotatable bonds is 8. The van der Waals surface area contributed by atoms with Crippen LogP contribution in [0, 0.1) is 0 Å². The minimum Gasteiger partial charge on any atom is -0.371 e. The molecular weight excluding hydrogens is 300 g/mol. The summed E-state index contributed by atoms with van der Waals surface area (Å²) < 4.78 is 5.36. The second-order valence-electron chi connectivity index (χ2n) is 4.90. The summed E-state index contributed by atoms with van der Waals surface area (Å²) in [7, 11) is 0. The molecule has 0 aliphatic heterocycles. The molecule has 0 aromatic carbocycles. The number of pyridine rings is 1. The minimum absolute atomic E-state index is 0.0165. The molecule has 0 saturated heterocycles. The molecule has 4 nitrogen and oxygen atoms in total. The molecule has 118 valence electrons. The third-order valence-corrected chi connectivity index (χ3v) is 2.88. The predicted octanol–water partition coefficient (Wildman–Crippen LogP) is 4.16. The van der Waals surface area contributed by atoms with E-state index in [4.69, 9.17) is 16.3 Å². The summed E-state index contributed by atoms with van der Waals surface area (Å²) in [6, 6.07) is 3.30. The summed E-state index contributed by atoms with van der Waals surface area (Å²) >= 11 is 5.72. The van der Waals surface area contributed by atoms with Crippen LogP contribution in [0.4, 0.5) is 5.82 Å². The van der Waals surface area contributed by atoms with Crippen LogP contribution in [0.25, 0.3) is 0 Å². The Labute approximate surface area is 136 Å². The van der Waals surface area contributed by atoms with E-state index >= 15 is 0 Å². The average Bonchev–Trinajstić information content (AvgIpc) is 2.48. The van der Waals surface area contributed by atoms with Crippen molar-refractivity contribution in [2.24, 2.45) is 0 Å². The highest BCUT2D eigenvalue weighted by Crippen LogP contribution is 2.09. The van der Waals surface area contributed by atoms with Crippen molar-refractivity contribution in [1.29, 1.82) is 0 Å². The van der Waals surface area contributed by atoms with Gasteiger partial charge in [0.25, 0.3) is 5.91 Å². The summed E-state index contributed by atoms with van der Waals surface area (Å²) in [5, 5.41) is 3.16. The van der Waals surface area contributed by atoms with Gasteiger partial charge in [-0.25, -0.2) is 4.98 Å². The van der Waals surface area contributed by atoms with Gasteiger partial charge in [0.1, 0.15) is 12.4 Å². The van der Waals surface area contributed by atoms with Gasteiger partial charge in [-0.3, -0.25) is 4.79 Å². The summed E-state index contributed by atoms with van der Waals surface area (Å²) in [6.07, 6.45) is 8.00. The number of nitrogens with zero attached hydrogens (tertiary/aromatic N) is 1. The third-order valence-electron chi connectivity index (χ3n) is 2.66. The van der Waals surface area contributed by atoms with Crippen LogP contribution in [0.3, 0.4) is 0 Å². The number of allylic oxidation sites excluding steroid dienone is 4. The maximum absolute atomic E-state index is 11.7. The van der Waals surface area contributed by atoms with Crippen LogP contribution in [0.2, 0.25) is 5.02 Å². The SMILES string of the molecule is C=C/C(=C\C=C(C)C)CCOCC(=O)Nc1ccc(Cl)cn1. The average molecular weight is 321 g/mol. The van der Waals surface area contributed by atoms with E-state index in [2.05, 4.69) is 16.9 Å². The molecule has 1 rings (SSSR count). The zero-order valence-corrected chi connectivity index (χ0v) is 13.7. The maximum Gasteiger partial charge on any atom is 0.251 e. The van der Waals surface area contributed by atoms with Crippen molar-refractivity contribution in [3.8, 4) is 0 Å². The number of carbonyl (C=O) groups is 1. The molecule has 1 amide bonds. The Balaban J connectivity index is 2.30. The monoisotopic (exact) mass is 320 g/mol. The predicted molar refractivity (Wildman–Crippen MR) is 91.0 cm³/mol. The van der Waals surface area contributed by atoms with Gasteiger partial charge in [-0.15, -0.1) is 0 Å². The van der Waals surface area contributed by atoms with Crippen LogP contribution in [-0.2, 0) is 9.53 Å². The molecule has 0 atom stereocenters. The smallest absolute Gasteiger partial charge is 0.251 e. The zero-order chi connectivity index (χ0) is 16.4. The first-order valence-electron chi connectivity index (χ1n) is 6.97. The standard InChI is InChI=1S/C17H21ClN2O2/c1-4-14(6-5-13(2)3)9-10-22-12-17(21)20-16-8-7-15(18)11-19-16/h4-8,11H,1,9-10,12H2,2-3H3,(H,19,20,21)/b14-6+. The van der Waals surface area contributed by atoms with Gasteiger partial charge < -0.3 is 10.1 Å². The van der Waals surface area contributed by atoms with E-state index in [0.717, 1.165) is 5.57 Å². The number of nitrogens with one attached hydrogen (secondary N) is 1. The highest BCUT2D eigenvalue weighted by atomic mass is 35.5. The highest BCUT2D eigenvalue weighted by molar-refractivity contribution is 6.30. The Bertz CT molecular complexity index is 559. The summed E-state index contributed by atoms with van der Waals surface area (Å²) in [4.78, 5) is 15.7. The Morgan fingerprint density at radius 1 is 1.41 bits per heavy atom. The van der Waals surface area contributed by atoms with E-state index in [9.17, 15) is 4.79 Å². The fourth-order valence-corrected chi connectivity index (χ4v) is 1.62. The van der Waals surface area contributed by atoms with Crippen molar-refractivity contribution in [2.75, 3.05) is 18.5 Å². The van der Waals surface area contributed by atoms with Gasteiger partial charge in [-0.05, 0) is 38.0 Å². The molecule has 0 fully saturated rings. The van der Waals surface area contributed by atoms with Crippen molar-refractivity contribution in [2.45, 2.75) is 20.3 Å². The van der Waals surface area contributed by atoms with Gasteiger partial charge in [-0.1, -0.05) is 42.0 Å². The van der Waals surface area contributed by atoms with Gasteiger partial charge in [0.15, 0.2) is 0 Å². The van der Waals surface area contributed by atoms with Crippen molar-refractivity contribution in [1.82, 2.24) is 4.98 Å². The first-order valence-corrected chi connectivity index (χ1v) is 7.34. The second-order valence-corrected chi connectivity index (χ2v) is 5.34. The van der Waals surface area contributed by atoms with E-state index in [-0.39, 0.29) is 12.5 Å². The van der Waals surface area contributed by atoms with Gasteiger partial charge in [0.05, 0.1) is 11.6 Å². The molecule has 1 N–H and O–H groups in total. The zero-order valence-electron chi connectivity index (χ0n) is 12.9. The molecule has 0 aliphatic carbocycles. The van der Waals surface area contributed by atoms with E-state index in [1.165, 1.54) is 11.8 Å². The topological polar surface area (TPSA) is 51.2 Å². The molecule has 0 aliphatic rings. The van der Waals surface area contributed by atoms with Gasteiger partial charge >= 0.3 is 0 Å². The van der Waals surface area contributed by atoms with E-state index in [1.54, 1.807) is 18.2 Å². The lowest BCUT2D eigenvalue weighted by atomic mass is 10.1. The largest absolute Gasteiger partial charge is 0.371 e. The lowest BCUT2D eigenvalue weighted by molar-refractivity contribution is -0.120. The molecule has 1 heterocycles. The Hall–Kier alpha value is -1.91. The van der Waals surface area contributed by atoms with Gasteiger partial charge in [0.2, 0.25) is 0 Å². The Morgan fingerprint density at radius 2 is 2.18 bits per heavy atom. The number of amides is 1. The van der Waals surface area contributed by atoms with Crippen LogP contribution in [0.5, 0.6) is 0 Å². The highest BCUT2D eigenvalue weighted by Gasteiger charge is 2.03. The number of aromatic nitrogens is 1. The lowest BCUT2D eigenvalue weighted by Gasteiger charge is -2.06. The molecule has 0 radical (unpaired) electrons. The molecule has 5 heteroatoms.